The molecule has 1 N–H and O–H groups in total. The Morgan fingerprint density at radius 1 is 1.07 bits per heavy atom. The number of fused-ring (bicyclic) bond motifs is 1. The Kier molecular flexibility index (Phi) is 5.29. The fourth-order valence-electron chi connectivity index (χ4n) is 3.44. The Balaban J connectivity index is 1.80. The third kappa shape index (κ3) is 3.68. The number of phenols is 1. The number of phenolic OH excluding ortho intramolecular Hbond substituents is 1. The van der Waals surface area contributed by atoms with E-state index in [1.165, 1.54) is 6.07 Å². The molecule has 1 fully saturated rings. The molecule has 30 heavy (non-hydrogen) atoms. The summed E-state index contributed by atoms with van der Waals surface area (Å²) in [6.45, 7) is 0. The van der Waals surface area contributed by atoms with Gasteiger partial charge in [-0.05, 0) is 52.1 Å². The lowest BCUT2D eigenvalue weighted by Gasteiger charge is -2.23. The number of aryl methyl sites for hydroxylation is 1. The number of nitriles is 1. The van der Waals surface area contributed by atoms with Crippen molar-refractivity contribution in [2.45, 2.75) is 12.8 Å². The number of nitrogens with zero attached hydrogens (tertiary/aromatic N) is 3. The maximum atomic E-state index is 12.4. The van der Waals surface area contributed by atoms with Crippen molar-refractivity contribution in [2.75, 3.05) is 10.2 Å². The van der Waals surface area contributed by atoms with Crippen LogP contribution >= 0.6 is 22.9 Å². The summed E-state index contributed by atoms with van der Waals surface area (Å²) >= 11 is 1.62. The van der Waals surface area contributed by atoms with Crippen molar-refractivity contribution in [3.63, 3.8) is 0 Å². The third-order valence-corrected chi connectivity index (χ3v) is 7.62. The van der Waals surface area contributed by atoms with Crippen molar-refractivity contribution in [3.8, 4) is 22.9 Å². The Bertz CT molecular complexity index is 1320. The minimum Gasteiger partial charge on any atom is -0.506 e. The molecule has 4 rings (SSSR count). The highest BCUT2D eigenvalue weighted by Crippen LogP contribution is 2.39. The molecule has 0 radical (unpaired) electrons. The molecular formula is C21H16IN3O4S. The Labute approximate surface area is 187 Å². The Morgan fingerprint density at radius 2 is 1.83 bits per heavy atom. The number of amides is 1. The number of hydrogen-bond donors (Lipinski definition) is 1. The van der Waals surface area contributed by atoms with Gasteiger partial charge in [0, 0.05) is 6.42 Å². The number of carbonyl (C=O) groups excluding carboxylic acids is 1. The van der Waals surface area contributed by atoms with Crippen molar-refractivity contribution in [3.05, 3.63) is 60.2 Å². The summed E-state index contributed by atoms with van der Waals surface area (Å²) < 4.78 is 26.6. The summed E-state index contributed by atoms with van der Waals surface area (Å²) in [5.74, 6) is -1.44. The van der Waals surface area contributed by atoms with Crippen LogP contribution < -0.4 is 4.41 Å². The van der Waals surface area contributed by atoms with E-state index in [-0.39, 0.29) is 11.4 Å². The molecule has 1 aliphatic heterocycles. The molecule has 0 unspecified atom stereocenters. The van der Waals surface area contributed by atoms with Gasteiger partial charge in [-0.25, -0.2) is 8.42 Å². The zero-order chi connectivity index (χ0) is 21.5. The average Bonchev–Trinajstić information content (AvgIpc) is 2.92. The molecule has 0 saturated carbocycles. The van der Waals surface area contributed by atoms with Gasteiger partial charge in [-0.3, -0.25) is 4.79 Å². The average molecular weight is 533 g/mol. The number of benzene rings is 3. The number of halogens is 1. The number of hydrogen-bond acceptors (Lipinski definition) is 5. The van der Waals surface area contributed by atoms with E-state index in [1.54, 1.807) is 28.9 Å². The van der Waals surface area contributed by atoms with Crippen LogP contribution in [-0.4, -0.2) is 28.4 Å². The number of anilines is 1. The maximum absolute atomic E-state index is 12.4. The predicted molar refractivity (Wildman–Crippen MR) is 122 cm³/mol. The molecular weight excluding hydrogens is 517 g/mol. The van der Waals surface area contributed by atoms with Gasteiger partial charge in [0.05, 0.1) is 28.9 Å². The molecule has 1 saturated heterocycles. The zero-order valence-corrected chi connectivity index (χ0v) is 18.6. The van der Waals surface area contributed by atoms with E-state index < -0.39 is 21.7 Å². The molecule has 0 bridgehead atoms. The topological polar surface area (TPSA) is 102 Å². The van der Waals surface area contributed by atoms with Crippen molar-refractivity contribution in [1.29, 1.82) is 5.26 Å². The Hall–Kier alpha value is -2.84. The lowest BCUT2D eigenvalue weighted by molar-refractivity contribution is -0.121. The maximum Gasteiger partial charge on any atom is 0.268 e. The van der Waals surface area contributed by atoms with Crippen LogP contribution in [0.4, 0.5) is 5.69 Å². The smallest absolute Gasteiger partial charge is 0.268 e. The second kappa shape index (κ2) is 7.77. The first-order chi connectivity index (χ1) is 14.3. The lowest BCUT2D eigenvalue weighted by Crippen LogP contribution is -2.33. The molecule has 152 valence electrons. The molecule has 0 aliphatic carbocycles. The van der Waals surface area contributed by atoms with Crippen LogP contribution in [0, 0.1) is 11.3 Å². The van der Waals surface area contributed by atoms with Gasteiger partial charge in [0.2, 0.25) is 0 Å². The molecule has 9 heteroatoms. The quantitative estimate of drug-likeness (QED) is 0.405. The summed E-state index contributed by atoms with van der Waals surface area (Å²) in [4.78, 5) is 11.9. The van der Waals surface area contributed by atoms with E-state index in [0.717, 1.165) is 35.1 Å². The second-order valence-corrected chi connectivity index (χ2v) is 9.63. The van der Waals surface area contributed by atoms with Gasteiger partial charge >= 0.3 is 0 Å². The first kappa shape index (κ1) is 20.4. The van der Waals surface area contributed by atoms with Crippen molar-refractivity contribution >= 4 is 55.3 Å². The van der Waals surface area contributed by atoms with Crippen LogP contribution in [0.15, 0.2) is 54.6 Å². The van der Waals surface area contributed by atoms with Crippen LogP contribution in [0.5, 0.6) is 5.75 Å². The number of carbonyl (C=O) groups is 1. The highest BCUT2D eigenvalue weighted by Gasteiger charge is 2.42. The van der Waals surface area contributed by atoms with Crippen LogP contribution in [0.25, 0.3) is 21.9 Å². The van der Waals surface area contributed by atoms with Gasteiger partial charge in [-0.1, -0.05) is 36.4 Å². The highest BCUT2D eigenvalue weighted by atomic mass is 127. The largest absolute Gasteiger partial charge is 0.506 e. The molecule has 3 aromatic carbocycles. The third-order valence-electron chi connectivity index (χ3n) is 4.86. The fraction of sp³-hybridized carbons (Fsp3) is 0.143. The van der Waals surface area contributed by atoms with Gasteiger partial charge in [-0.15, -0.1) is 0 Å². The van der Waals surface area contributed by atoms with Gasteiger partial charge in [0.1, 0.15) is 11.4 Å². The van der Waals surface area contributed by atoms with E-state index >= 15 is 0 Å². The minimum atomic E-state index is -3.89. The summed E-state index contributed by atoms with van der Waals surface area (Å²) in [5.41, 5.74) is 2.98. The molecule has 3 aromatic rings. The Morgan fingerprint density at radius 3 is 2.53 bits per heavy atom. The molecule has 1 heterocycles. The lowest BCUT2D eigenvalue weighted by atomic mass is 9.98. The number of rotatable bonds is 4. The van der Waals surface area contributed by atoms with Crippen LogP contribution in [0.3, 0.4) is 0 Å². The first-order valence-corrected chi connectivity index (χ1v) is 11.6. The van der Waals surface area contributed by atoms with Gasteiger partial charge in [-0.2, -0.15) is 12.9 Å². The van der Waals surface area contributed by atoms with Crippen molar-refractivity contribution in [2.24, 2.45) is 0 Å². The molecule has 1 aliphatic rings. The van der Waals surface area contributed by atoms with Crippen LogP contribution in [0.1, 0.15) is 12.0 Å². The SMILES string of the molecule is N#CCCc1cccc(-c2ccc3cc(O)c(N4N(I)C(=O)CS4(=O)=O)cc3c2)c1. The van der Waals surface area contributed by atoms with Crippen LogP contribution in [0.2, 0.25) is 0 Å². The summed E-state index contributed by atoms with van der Waals surface area (Å²) in [6.07, 6.45) is 1.11. The number of hydrazine groups is 1. The molecule has 1 amide bonds. The normalized spacial score (nSPS) is 15.5. The van der Waals surface area contributed by atoms with E-state index in [1.807, 2.05) is 42.5 Å². The zero-order valence-electron chi connectivity index (χ0n) is 15.6. The minimum absolute atomic E-state index is 0.0303. The number of sulfonamides is 1. The fourth-order valence-corrected chi connectivity index (χ4v) is 6.19. The predicted octanol–water partition coefficient (Wildman–Crippen LogP) is 3.91. The second-order valence-electron chi connectivity index (χ2n) is 6.91. The number of aromatic hydroxyl groups is 1. The van der Waals surface area contributed by atoms with E-state index in [2.05, 4.69) is 6.07 Å². The monoisotopic (exact) mass is 533 g/mol. The molecule has 7 nitrogen and oxygen atoms in total. The van der Waals surface area contributed by atoms with Crippen LogP contribution in [-0.2, 0) is 21.2 Å². The molecule has 0 spiro atoms. The van der Waals surface area contributed by atoms with Crippen molar-refractivity contribution < 1.29 is 18.3 Å². The highest BCUT2D eigenvalue weighted by molar-refractivity contribution is 14.1. The molecule has 0 aromatic heterocycles. The molecule has 0 atom stereocenters. The van der Waals surface area contributed by atoms with E-state index in [4.69, 9.17) is 5.26 Å². The van der Waals surface area contributed by atoms with Crippen molar-refractivity contribution in [1.82, 2.24) is 3.22 Å². The summed E-state index contributed by atoms with van der Waals surface area (Å²) in [6, 6.07) is 18.8. The van der Waals surface area contributed by atoms with E-state index in [9.17, 15) is 18.3 Å². The summed E-state index contributed by atoms with van der Waals surface area (Å²) in [7, 11) is -3.89. The van der Waals surface area contributed by atoms with Gasteiger partial charge < -0.3 is 5.11 Å². The first-order valence-electron chi connectivity index (χ1n) is 9.05. The van der Waals surface area contributed by atoms with Gasteiger partial charge in [0.25, 0.3) is 15.9 Å². The standard InChI is InChI=1S/C21H16IN3O4S/c22-24-21(27)13-30(28,29)25(24)19-11-18-10-16(6-7-17(18)12-20(19)26)15-5-1-3-14(9-15)4-2-8-23/h1,3,5-7,9-12,26H,2,4,13H2. The van der Waals surface area contributed by atoms with E-state index in [0.29, 0.717) is 12.8 Å². The van der Waals surface area contributed by atoms with Gasteiger partial charge in [0.15, 0.2) is 5.75 Å². The summed E-state index contributed by atoms with van der Waals surface area (Å²) in [5, 5.41) is 20.7.